The third-order valence-corrected chi connectivity index (χ3v) is 5.03. The van der Waals surface area contributed by atoms with E-state index in [1.807, 2.05) is 0 Å². The summed E-state index contributed by atoms with van der Waals surface area (Å²) in [7, 11) is 0. The number of nitrogens with two attached hydrogens (primary N) is 1. The van der Waals surface area contributed by atoms with Crippen molar-refractivity contribution < 1.29 is 26.7 Å². The number of rotatable bonds is 3. The molecule has 1 atom stereocenters. The standard InChI is InChI=1S/C21H16F5N5O/c22-15-8-3-11(21(24,25)26)9-16(15)29-20(32)28-12-4-1-10(2-5-12)13-6-7-14-18(17(13)23)30-31-19(14)27/h1-8,16H,9H2,(H3,27,30,31)(H2,28,29,32). The molecule has 32 heavy (non-hydrogen) atoms. The molecule has 0 aliphatic heterocycles. The fraction of sp³-hybridized carbons (Fsp3) is 0.143. The van der Waals surface area contributed by atoms with Gasteiger partial charge in [0.25, 0.3) is 0 Å². The van der Waals surface area contributed by atoms with Crippen molar-refractivity contribution in [1.82, 2.24) is 15.5 Å². The van der Waals surface area contributed by atoms with Crippen LogP contribution in [0.4, 0.5) is 38.3 Å². The van der Waals surface area contributed by atoms with E-state index >= 15 is 0 Å². The fourth-order valence-corrected chi connectivity index (χ4v) is 3.37. The SMILES string of the molecule is Nc1n[nH]c2c(F)c(-c3ccc(NC(=O)NC4CC(C(F)(F)F)=CC=C4F)cc3)ccc12. The van der Waals surface area contributed by atoms with Gasteiger partial charge in [-0.15, -0.1) is 0 Å². The Morgan fingerprint density at radius 3 is 2.50 bits per heavy atom. The number of allylic oxidation sites excluding steroid dienone is 2. The molecule has 6 nitrogen and oxygen atoms in total. The van der Waals surface area contributed by atoms with E-state index < -0.39 is 41.9 Å². The van der Waals surface area contributed by atoms with Crippen LogP contribution in [0.3, 0.4) is 0 Å². The van der Waals surface area contributed by atoms with E-state index in [1.165, 1.54) is 12.1 Å². The molecular formula is C21H16F5N5O. The molecule has 4 rings (SSSR count). The smallest absolute Gasteiger partial charge is 0.382 e. The number of amides is 2. The molecule has 1 aliphatic rings. The summed E-state index contributed by atoms with van der Waals surface area (Å²) in [6, 6.07) is 6.91. The molecule has 2 amide bonds. The maximum atomic E-state index is 14.8. The number of hydrogen-bond donors (Lipinski definition) is 4. The molecule has 1 heterocycles. The highest BCUT2D eigenvalue weighted by Gasteiger charge is 2.37. The number of benzene rings is 2. The molecule has 0 radical (unpaired) electrons. The molecule has 0 spiro atoms. The Labute approximate surface area is 178 Å². The number of H-pyrrole nitrogens is 1. The lowest BCUT2D eigenvalue weighted by atomic mass is 9.99. The quantitative estimate of drug-likeness (QED) is 0.415. The molecule has 3 aromatic rings. The summed E-state index contributed by atoms with van der Waals surface area (Å²) in [5, 5.41) is 11.4. The Morgan fingerprint density at radius 1 is 1.09 bits per heavy atom. The van der Waals surface area contributed by atoms with E-state index in [-0.39, 0.29) is 22.6 Å². The van der Waals surface area contributed by atoms with Crippen molar-refractivity contribution in [2.24, 2.45) is 0 Å². The van der Waals surface area contributed by atoms with Gasteiger partial charge in [0.2, 0.25) is 0 Å². The van der Waals surface area contributed by atoms with Crippen molar-refractivity contribution in [2.45, 2.75) is 18.6 Å². The van der Waals surface area contributed by atoms with Gasteiger partial charge in [0, 0.05) is 28.6 Å². The van der Waals surface area contributed by atoms with Crippen LogP contribution in [0.1, 0.15) is 6.42 Å². The first-order valence-corrected chi connectivity index (χ1v) is 9.37. The Bertz CT molecular complexity index is 1240. The van der Waals surface area contributed by atoms with Crippen molar-refractivity contribution in [1.29, 1.82) is 0 Å². The van der Waals surface area contributed by atoms with E-state index in [4.69, 9.17) is 5.73 Å². The van der Waals surface area contributed by atoms with Crippen molar-refractivity contribution in [3.63, 3.8) is 0 Å². The number of aromatic amines is 1. The molecule has 5 N–H and O–H groups in total. The highest BCUT2D eigenvalue weighted by molar-refractivity contribution is 5.93. The third-order valence-electron chi connectivity index (χ3n) is 5.03. The van der Waals surface area contributed by atoms with Gasteiger partial charge in [-0.25, -0.2) is 13.6 Å². The minimum atomic E-state index is -4.61. The average molecular weight is 449 g/mol. The van der Waals surface area contributed by atoms with E-state index in [2.05, 4.69) is 20.8 Å². The largest absolute Gasteiger partial charge is 0.412 e. The predicted molar refractivity (Wildman–Crippen MR) is 110 cm³/mol. The zero-order chi connectivity index (χ0) is 23.0. The molecule has 1 unspecified atom stereocenters. The summed E-state index contributed by atoms with van der Waals surface area (Å²) in [5.41, 5.74) is 5.95. The lowest BCUT2D eigenvalue weighted by Gasteiger charge is -2.23. The normalized spacial score (nSPS) is 16.5. The molecular weight excluding hydrogens is 433 g/mol. The summed E-state index contributed by atoms with van der Waals surface area (Å²) < 4.78 is 67.1. The summed E-state index contributed by atoms with van der Waals surface area (Å²) in [6.07, 6.45) is -3.98. The minimum absolute atomic E-state index is 0.163. The first-order chi connectivity index (χ1) is 15.1. The molecule has 2 aromatic carbocycles. The highest BCUT2D eigenvalue weighted by Crippen LogP contribution is 2.34. The summed E-state index contributed by atoms with van der Waals surface area (Å²) in [5.74, 6) is -1.25. The Hall–Kier alpha value is -3.89. The van der Waals surface area contributed by atoms with Crippen molar-refractivity contribution >= 4 is 28.4 Å². The molecule has 1 aromatic heterocycles. The number of carbonyl (C=O) groups excluding carboxylic acids is 1. The van der Waals surface area contributed by atoms with E-state index in [1.54, 1.807) is 24.3 Å². The number of fused-ring (bicyclic) bond motifs is 1. The Balaban J connectivity index is 1.44. The van der Waals surface area contributed by atoms with Crippen LogP contribution in [0.5, 0.6) is 0 Å². The van der Waals surface area contributed by atoms with Crippen molar-refractivity contribution in [3.8, 4) is 11.1 Å². The number of carbonyl (C=O) groups is 1. The van der Waals surface area contributed by atoms with E-state index in [9.17, 15) is 26.7 Å². The van der Waals surface area contributed by atoms with Gasteiger partial charge in [0.05, 0.1) is 6.04 Å². The maximum Gasteiger partial charge on any atom is 0.412 e. The number of halogens is 5. The average Bonchev–Trinajstić information content (AvgIpc) is 3.11. The summed E-state index contributed by atoms with van der Waals surface area (Å²) in [4.78, 5) is 12.1. The zero-order valence-corrected chi connectivity index (χ0v) is 16.2. The topological polar surface area (TPSA) is 95.8 Å². The van der Waals surface area contributed by atoms with Gasteiger partial charge >= 0.3 is 12.2 Å². The van der Waals surface area contributed by atoms with Crippen molar-refractivity contribution in [3.05, 3.63) is 65.8 Å². The molecule has 0 fully saturated rings. The lowest BCUT2D eigenvalue weighted by molar-refractivity contribution is -0.0948. The first-order valence-electron chi connectivity index (χ1n) is 9.37. The zero-order valence-electron chi connectivity index (χ0n) is 16.2. The number of anilines is 2. The molecule has 0 saturated heterocycles. The van der Waals surface area contributed by atoms with Gasteiger partial charge in [-0.2, -0.15) is 18.3 Å². The second-order valence-corrected chi connectivity index (χ2v) is 7.13. The number of nitrogens with one attached hydrogen (secondary N) is 3. The third kappa shape index (κ3) is 4.13. The molecule has 0 saturated carbocycles. The van der Waals surface area contributed by atoms with E-state index in [0.29, 0.717) is 23.1 Å². The van der Waals surface area contributed by atoms with Gasteiger partial charge in [-0.1, -0.05) is 24.3 Å². The number of alkyl halides is 3. The second-order valence-electron chi connectivity index (χ2n) is 7.13. The monoisotopic (exact) mass is 449 g/mol. The van der Waals surface area contributed by atoms with Gasteiger partial charge in [0.15, 0.2) is 11.6 Å². The van der Waals surface area contributed by atoms with Crippen molar-refractivity contribution in [2.75, 3.05) is 11.1 Å². The van der Waals surface area contributed by atoms with Crippen LogP contribution in [-0.2, 0) is 0 Å². The number of hydrogen-bond acceptors (Lipinski definition) is 3. The van der Waals surface area contributed by atoms with Crippen LogP contribution >= 0.6 is 0 Å². The summed E-state index contributed by atoms with van der Waals surface area (Å²) >= 11 is 0. The maximum absolute atomic E-state index is 14.8. The van der Waals surface area contributed by atoms with Crippen LogP contribution in [0, 0.1) is 5.82 Å². The van der Waals surface area contributed by atoms with Crippen LogP contribution < -0.4 is 16.4 Å². The minimum Gasteiger partial charge on any atom is -0.382 e. The Kier molecular flexibility index (Phi) is 5.33. The molecule has 11 heteroatoms. The fourth-order valence-electron chi connectivity index (χ4n) is 3.37. The molecule has 0 bridgehead atoms. The number of nitrogens with zero attached hydrogens (tertiary/aromatic N) is 1. The van der Waals surface area contributed by atoms with Crippen LogP contribution in [0.15, 0.2) is 60.0 Å². The van der Waals surface area contributed by atoms with Crippen LogP contribution in [0.25, 0.3) is 22.0 Å². The number of urea groups is 1. The highest BCUT2D eigenvalue weighted by atomic mass is 19.4. The van der Waals surface area contributed by atoms with Gasteiger partial charge < -0.3 is 16.4 Å². The number of nitrogen functional groups attached to an aromatic ring is 1. The predicted octanol–water partition coefficient (Wildman–Crippen LogP) is 5.19. The Morgan fingerprint density at radius 2 is 1.81 bits per heavy atom. The first kappa shape index (κ1) is 21.3. The number of aromatic nitrogens is 2. The molecule has 1 aliphatic carbocycles. The van der Waals surface area contributed by atoms with E-state index in [0.717, 1.165) is 0 Å². The van der Waals surface area contributed by atoms with Gasteiger partial charge in [-0.05, 0) is 29.8 Å². The second kappa shape index (κ2) is 7.98. The van der Waals surface area contributed by atoms with Crippen LogP contribution in [-0.4, -0.2) is 28.4 Å². The lowest BCUT2D eigenvalue weighted by Crippen LogP contribution is -2.40. The summed E-state index contributed by atoms with van der Waals surface area (Å²) in [6.45, 7) is 0. The molecule has 166 valence electrons. The van der Waals surface area contributed by atoms with Gasteiger partial charge in [0.1, 0.15) is 11.3 Å². The van der Waals surface area contributed by atoms with Crippen LogP contribution in [0.2, 0.25) is 0 Å². The van der Waals surface area contributed by atoms with Gasteiger partial charge in [-0.3, -0.25) is 5.10 Å².